The van der Waals surface area contributed by atoms with E-state index in [0.717, 1.165) is 5.57 Å². The molecular weight excluding hydrogens is 532 g/mol. The summed E-state index contributed by atoms with van der Waals surface area (Å²) in [6.07, 6.45) is -3.26. The first-order valence-electron chi connectivity index (χ1n) is 14.0. The molecule has 4 aliphatic rings. The zero-order chi connectivity index (χ0) is 30.1. The van der Waals surface area contributed by atoms with Crippen molar-refractivity contribution < 1.29 is 48.3 Å². The average Bonchev–Trinajstić information content (AvgIpc) is 2.89. The molecule has 0 aromatic heterocycles. The molecule has 3 aliphatic carbocycles. The lowest BCUT2D eigenvalue weighted by Crippen LogP contribution is -2.82. The number of aliphatic hydroxyl groups excluding tert-OH is 1. The maximum atomic E-state index is 14.8. The number of aliphatic hydroxyl groups is 2. The second-order valence-electron chi connectivity index (χ2n) is 12.7. The highest BCUT2D eigenvalue weighted by Gasteiger charge is 2.78. The van der Waals surface area contributed by atoms with E-state index in [4.69, 9.17) is 18.9 Å². The molecule has 10 nitrogen and oxygen atoms in total. The number of ether oxygens (including phenoxy) is 4. The number of rotatable bonds is 4. The predicted molar refractivity (Wildman–Crippen MR) is 143 cm³/mol. The first-order valence-corrected chi connectivity index (χ1v) is 14.0. The molecule has 41 heavy (non-hydrogen) atoms. The molecule has 6 unspecified atom stereocenters. The van der Waals surface area contributed by atoms with E-state index in [-0.39, 0.29) is 25.0 Å². The van der Waals surface area contributed by atoms with Crippen LogP contribution in [0.3, 0.4) is 0 Å². The molecule has 1 aliphatic heterocycles. The Morgan fingerprint density at radius 3 is 2.24 bits per heavy atom. The van der Waals surface area contributed by atoms with Crippen LogP contribution in [0, 0.1) is 22.7 Å². The summed E-state index contributed by atoms with van der Waals surface area (Å²) in [5.41, 5.74) is -5.40. The third kappa shape index (κ3) is 4.09. The first kappa shape index (κ1) is 29.4. The normalized spacial score (nSPS) is 40.8. The van der Waals surface area contributed by atoms with E-state index in [9.17, 15) is 29.4 Å². The fourth-order valence-electron chi connectivity index (χ4n) is 8.00. The minimum atomic E-state index is -1.85. The Bertz CT molecular complexity index is 1300. The zero-order valence-electron chi connectivity index (χ0n) is 24.2. The Balaban J connectivity index is 1.81. The third-order valence-corrected chi connectivity index (χ3v) is 10.2. The van der Waals surface area contributed by atoms with E-state index >= 15 is 0 Å². The molecule has 1 aromatic rings. The lowest BCUT2D eigenvalue weighted by atomic mass is 9.44. The van der Waals surface area contributed by atoms with Crippen LogP contribution in [0.25, 0.3) is 0 Å². The average molecular weight is 571 g/mol. The van der Waals surface area contributed by atoms with Gasteiger partial charge in [0, 0.05) is 31.6 Å². The topological polar surface area (TPSA) is 146 Å². The maximum absolute atomic E-state index is 14.8. The Kier molecular flexibility index (Phi) is 6.99. The van der Waals surface area contributed by atoms with Crippen LogP contribution in [-0.2, 0) is 33.3 Å². The number of benzene rings is 1. The quantitative estimate of drug-likeness (QED) is 0.315. The van der Waals surface area contributed by atoms with Crippen molar-refractivity contribution in [1.29, 1.82) is 0 Å². The van der Waals surface area contributed by atoms with Crippen LogP contribution >= 0.6 is 0 Å². The van der Waals surface area contributed by atoms with Crippen molar-refractivity contribution in [3.63, 3.8) is 0 Å². The number of hydrogen-bond donors (Lipinski definition) is 2. The predicted octanol–water partition coefficient (Wildman–Crippen LogP) is 2.54. The van der Waals surface area contributed by atoms with Crippen molar-refractivity contribution in [3.05, 3.63) is 47.5 Å². The highest BCUT2D eigenvalue weighted by molar-refractivity contribution is 5.93. The van der Waals surface area contributed by atoms with Crippen LogP contribution < -0.4 is 0 Å². The summed E-state index contributed by atoms with van der Waals surface area (Å²) < 4.78 is 23.7. The van der Waals surface area contributed by atoms with Crippen molar-refractivity contribution in [2.45, 2.75) is 90.0 Å². The zero-order valence-corrected chi connectivity index (χ0v) is 24.2. The van der Waals surface area contributed by atoms with Crippen LogP contribution in [0.1, 0.15) is 64.7 Å². The maximum Gasteiger partial charge on any atom is 0.338 e. The van der Waals surface area contributed by atoms with Gasteiger partial charge >= 0.3 is 17.9 Å². The molecule has 3 fully saturated rings. The van der Waals surface area contributed by atoms with Crippen molar-refractivity contribution in [2.24, 2.45) is 22.7 Å². The van der Waals surface area contributed by atoms with E-state index in [1.807, 2.05) is 0 Å². The monoisotopic (exact) mass is 570 g/mol. The molecule has 9 atom stereocenters. The molecule has 10 heteroatoms. The van der Waals surface area contributed by atoms with Gasteiger partial charge in [-0.3, -0.25) is 14.4 Å². The molecule has 1 aromatic carbocycles. The number of Topliss-reactive ketones (excluding diaryl/α,β-unsaturated/α-hetero) is 1. The summed E-state index contributed by atoms with van der Waals surface area (Å²) in [4.78, 5) is 53.4. The fraction of sp³-hybridized carbons (Fsp3) is 0.613. The number of carbonyl (C=O) groups excluding carboxylic acids is 4. The van der Waals surface area contributed by atoms with Gasteiger partial charge in [0.2, 0.25) is 0 Å². The molecule has 0 spiro atoms. The molecule has 0 amide bonds. The van der Waals surface area contributed by atoms with E-state index in [1.165, 1.54) is 20.8 Å². The fourth-order valence-corrected chi connectivity index (χ4v) is 8.00. The van der Waals surface area contributed by atoms with Crippen molar-refractivity contribution >= 4 is 23.7 Å². The summed E-state index contributed by atoms with van der Waals surface area (Å²) in [5.74, 6) is -4.75. The van der Waals surface area contributed by atoms with Crippen molar-refractivity contribution in [3.8, 4) is 0 Å². The molecule has 222 valence electrons. The van der Waals surface area contributed by atoms with Crippen LogP contribution in [0.2, 0.25) is 0 Å². The number of fused-ring (bicyclic) bond motifs is 5. The summed E-state index contributed by atoms with van der Waals surface area (Å²) in [6, 6.07) is 8.24. The number of hydrogen-bond acceptors (Lipinski definition) is 10. The van der Waals surface area contributed by atoms with Gasteiger partial charge in [-0.1, -0.05) is 43.7 Å². The first-order chi connectivity index (χ1) is 19.1. The molecule has 1 saturated heterocycles. The Labute approximate surface area is 239 Å². The second kappa shape index (κ2) is 9.74. The number of ketones is 1. The summed E-state index contributed by atoms with van der Waals surface area (Å²) in [7, 11) is 0. The highest BCUT2D eigenvalue weighted by Crippen LogP contribution is 2.64. The van der Waals surface area contributed by atoms with Gasteiger partial charge in [0.05, 0.1) is 29.6 Å². The Hall–Kier alpha value is -3.08. The number of carbonyl (C=O) groups is 4. The molecule has 2 N–H and O–H groups in total. The van der Waals surface area contributed by atoms with E-state index < -0.39 is 82.0 Å². The molecular formula is C31H38O10. The molecule has 2 saturated carbocycles. The molecule has 5 rings (SSSR count). The van der Waals surface area contributed by atoms with Crippen LogP contribution in [0.5, 0.6) is 0 Å². The summed E-state index contributed by atoms with van der Waals surface area (Å²) in [5, 5.41) is 24.5. The van der Waals surface area contributed by atoms with Gasteiger partial charge in [0.25, 0.3) is 0 Å². The van der Waals surface area contributed by atoms with Gasteiger partial charge in [0.15, 0.2) is 17.5 Å². The summed E-state index contributed by atoms with van der Waals surface area (Å²) in [6.45, 7) is 9.10. The minimum Gasteiger partial charge on any atom is -0.455 e. The van der Waals surface area contributed by atoms with E-state index in [0.29, 0.717) is 0 Å². The smallest absolute Gasteiger partial charge is 0.338 e. The highest BCUT2D eigenvalue weighted by atomic mass is 16.6. The van der Waals surface area contributed by atoms with Crippen LogP contribution in [0.15, 0.2) is 42.0 Å². The van der Waals surface area contributed by atoms with Gasteiger partial charge in [0.1, 0.15) is 17.8 Å². The lowest BCUT2D eigenvalue weighted by molar-refractivity contribution is -0.348. The second-order valence-corrected chi connectivity index (χ2v) is 12.7. The molecule has 1 heterocycles. The van der Waals surface area contributed by atoms with Gasteiger partial charge in [-0.25, -0.2) is 4.79 Å². The number of esters is 3. The van der Waals surface area contributed by atoms with E-state index in [2.05, 4.69) is 0 Å². The molecule has 2 bridgehead atoms. The van der Waals surface area contributed by atoms with Gasteiger partial charge in [-0.2, -0.15) is 0 Å². The SMILES string of the molecule is CC(=O)O[C@H]1C(=O)[C@@]2(C)C(O)CC3OCC3(OC(C)=O)C2[C@@H](OC(=O)c2ccccc2)C2(O)CC=C(C)C1C2(C)C. The Morgan fingerprint density at radius 2 is 1.68 bits per heavy atom. The van der Waals surface area contributed by atoms with Crippen LogP contribution in [0.4, 0.5) is 0 Å². The van der Waals surface area contributed by atoms with Crippen LogP contribution in [-0.4, -0.2) is 76.1 Å². The van der Waals surface area contributed by atoms with Gasteiger partial charge in [-0.15, -0.1) is 0 Å². The van der Waals surface area contributed by atoms with Crippen molar-refractivity contribution in [2.75, 3.05) is 6.61 Å². The van der Waals surface area contributed by atoms with Crippen molar-refractivity contribution in [1.82, 2.24) is 0 Å². The third-order valence-electron chi connectivity index (χ3n) is 10.2. The minimum absolute atomic E-state index is 0.0282. The largest absolute Gasteiger partial charge is 0.455 e. The summed E-state index contributed by atoms with van der Waals surface area (Å²) >= 11 is 0. The Morgan fingerprint density at radius 1 is 1.02 bits per heavy atom. The lowest BCUT2D eigenvalue weighted by Gasteiger charge is -2.67. The van der Waals surface area contributed by atoms with E-state index in [1.54, 1.807) is 57.2 Å². The standard InChI is InChI=1S/C31H38O10/c1-16-12-13-31(37)26(40-27(36)19-10-8-7-9-11-19)24-29(6,20(34)14-21-30(24,15-38-21)41-18(3)33)25(35)23(39-17(2)32)22(16)28(31,4)5/h7-12,20-24,26,34,37H,13-15H2,1-6H3/t20?,21?,22?,23-,24?,26-,29+,30?,31?/m1/s1. The van der Waals surface area contributed by atoms with Gasteiger partial charge < -0.3 is 29.2 Å². The molecule has 0 radical (unpaired) electrons. The van der Waals surface area contributed by atoms with Gasteiger partial charge in [-0.05, 0) is 32.4 Å².